The van der Waals surface area contributed by atoms with Gasteiger partial charge in [0.2, 0.25) is 5.91 Å². The fraction of sp³-hybridized carbons (Fsp3) is 0.273. The van der Waals surface area contributed by atoms with Crippen LogP contribution in [-0.2, 0) is 4.79 Å². The van der Waals surface area contributed by atoms with Crippen molar-refractivity contribution < 1.29 is 4.79 Å². The number of nitrogens with two attached hydrogens (primary N) is 1. The normalized spacial score (nSPS) is 13.6. The molecule has 3 aromatic heterocycles. The summed E-state index contributed by atoms with van der Waals surface area (Å²) in [7, 11) is 0. The van der Waals surface area contributed by atoms with Gasteiger partial charge in [-0.2, -0.15) is 0 Å². The molecule has 0 spiro atoms. The van der Waals surface area contributed by atoms with E-state index >= 15 is 0 Å². The average molecular weight is 451 g/mol. The maximum atomic E-state index is 12.6. The average Bonchev–Trinajstić information content (AvgIpc) is 3.43. The van der Waals surface area contributed by atoms with Gasteiger partial charge in [0.25, 0.3) is 0 Å². The van der Waals surface area contributed by atoms with E-state index in [9.17, 15) is 4.79 Å². The van der Waals surface area contributed by atoms with Gasteiger partial charge in [0.05, 0.1) is 16.3 Å². The molecule has 0 bridgehead atoms. The Labute approximate surface area is 188 Å². The number of amides is 1. The minimum absolute atomic E-state index is 0.0591. The molecule has 31 heavy (non-hydrogen) atoms. The third-order valence-electron chi connectivity index (χ3n) is 5.28. The molecule has 4 aromatic rings. The summed E-state index contributed by atoms with van der Waals surface area (Å²) < 4.78 is 2.14. The van der Waals surface area contributed by atoms with Crippen molar-refractivity contribution >= 4 is 50.6 Å². The summed E-state index contributed by atoms with van der Waals surface area (Å²) in [6.07, 6.45) is 3.93. The van der Waals surface area contributed by atoms with E-state index in [0.29, 0.717) is 11.7 Å². The van der Waals surface area contributed by atoms with Crippen LogP contribution in [0.3, 0.4) is 0 Å². The molecule has 0 saturated heterocycles. The lowest BCUT2D eigenvalue weighted by Gasteiger charge is -2.10. The number of carbonyl (C=O) groups excluding carboxylic acids is 1. The summed E-state index contributed by atoms with van der Waals surface area (Å²) in [6, 6.07) is 10.3. The fourth-order valence-electron chi connectivity index (χ4n) is 3.50. The van der Waals surface area contributed by atoms with Crippen molar-refractivity contribution in [2.24, 2.45) is 0 Å². The van der Waals surface area contributed by atoms with Gasteiger partial charge in [-0.15, -0.1) is 21.5 Å². The number of aryl methyl sites for hydroxylation is 2. The Hall–Kier alpha value is -2.91. The number of nitrogens with one attached hydrogen (secondary N) is 1. The van der Waals surface area contributed by atoms with Gasteiger partial charge in [0, 0.05) is 23.3 Å². The quantitative estimate of drug-likeness (QED) is 0.409. The van der Waals surface area contributed by atoms with Crippen molar-refractivity contribution in [3.05, 3.63) is 47.7 Å². The number of hydrogen-bond acceptors (Lipinski definition) is 7. The second kappa shape index (κ2) is 7.97. The Balaban J connectivity index is 1.38. The predicted molar refractivity (Wildman–Crippen MR) is 127 cm³/mol. The summed E-state index contributed by atoms with van der Waals surface area (Å²) in [5.74, 6) is 0.971. The smallest absolute Gasteiger partial charge is 0.234 e. The lowest BCUT2D eigenvalue weighted by molar-refractivity contribution is -0.113. The third kappa shape index (κ3) is 3.90. The molecule has 0 radical (unpaired) electrons. The Morgan fingerprint density at radius 3 is 2.90 bits per heavy atom. The largest absolute Gasteiger partial charge is 0.397 e. The minimum Gasteiger partial charge on any atom is -0.397 e. The number of benzene rings is 1. The molecule has 3 N–H and O–H groups in total. The van der Waals surface area contributed by atoms with Crippen LogP contribution in [0, 0.1) is 13.8 Å². The summed E-state index contributed by atoms with van der Waals surface area (Å²) in [5.41, 5.74) is 10.1. The van der Waals surface area contributed by atoms with E-state index < -0.39 is 0 Å². The fourth-order valence-corrected chi connectivity index (χ4v) is 5.35. The van der Waals surface area contributed by atoms with Gasteiger partial charge in [0.1, 0.15) is 4.83 Å². The highest BCUT2D eigenvalue weighted by Crippen LogP contribution is 2.45. The van der Waals surface area contributed by atoms with Crippen LogP contribution in [0.15, 0.2) is 41.7 Å². The van der Waals surface area contributed by atoms with Crippen molar-refractivity contribution in [1.29, 1.82) is 0 Å². The number of nitrogen functional groups attached to an aromatic ring is 1. The predicted octanol–water partition coefficient (Wildman–Crippen LogP) is 4.82. The molecule has 7 nitrogen and oxygen atoms in total. The van der Waals surface area contributed by atoms with Crippen molar-refractivity contribution in [3.63, 3.8) is 0 Å². The van der Waals surface area contributed by atoms with Crippen LogP contribution in [0.2, 0.25) is 0 Å². The highest BCUT2D eigenvalue weighted by atomic mass is 32.2. The topological polar surface area (TPSA) is 98.7 Å². The van der Waals surface area contributed by atoms with Crippen molar-refractivity contribution in [2.45, 2.75) is 37.9 Å². The molecular weight excluding hydrogens is 428 g/mol. The van der Waals surface area contributed by atoms with Crippen molar-refractivity contribution in [3.8, 4) is 10.7 Å². The summed E-state index contributed by atoms with van der Waals surface area (Å²) in [6.45, 7) is 4.00. The van der Waals surface area contributed by atoms with Gasteiger partial charge in [-0.1, -0.05) is 23.9 Å². The van der Waals surface area contributed by atoms with Gasteiger partial charge in [-0.3, -0.25) is 9.36 Å². The van der Waals surface area contributed by atoms with E-state index in [2.05, 4.69) is 25.1 Å². The van der Waals surface area contributed by atoms with E-state index in [4.69, 9.17) is 5.73 Å². The first-order valence-electron chi connectivity index (χ1n) is 10.1. The number of carbonyl (C=O) groups is 1. The molecule has 158 valence electrons. The molecule has 0 atom stereocenters. The van der Waals surface area contributed by atoms with E-state index in [1.165, 1.54) is 23.1 Å². The highest BCUT2D eigenvalue weighted by molar-refractivity contribution is 7.99. The number of thioether (sulfide) groups is 1. The van der Waals surface area contributed by atoms with Gasteiger partial charge < -0.3 is 11.1 Å². The molecule has 9 heteroatoms. The number of aromatic nitrogens is 4. The molecule has 1 amide bonds. The molecule has 3 heterocycles. The first-order chi connectivity index (χ1) is 15.0. The van der Waals surface area contributed by atoms with Crippen LogP contribution in [0.4, 0.5) is 11.4 Å². The lowest BCUT2D eigenvalue weighted by Crippen LogP contribution is -2.15. The molecular formula is C22H22N6OS2. The number of nitrogens with zero attached hydrogens (tertiary/aromatic N) is 4. The first-order valence-corrected chi connectivity index (χ1v) is 11.9. The maximum absolute atomic E-state index is 12.6. The molecule has 1 saturated carbocycles. The van der Waals surface area contributed by atoms with E-state index in [1.807, 2.05) is 44.2 Å². The lowest BCUT2D eigenvalue weighted by atomic mass is 10.1. The molecule has 0 aliphatic heterocycles. The van der Waals surface area contributed by atoms with Gasteiger partial charge in [-0.05, 0) is 56.0 Å². The van der Waals surface area contributed by atoms with Gasteiger partial charge in [-0.25, -0.2) is 4.98 Å². The number of pyridine rings is 1. The van der Waals surface area contributed by atoms with Gasteiger partial charge in [0.15, 0.2) is 11.0 Å². The molecule has 1 aliphatic carbocycles. The second-order valence-corrected chi connectivity index (χ2v) is 9.71. The number of anilines is 2. The van der Waals surface area contributed by atoms with Crippen LogP contribution >= 0.6 is 23.1 Å². The molecule has 1 fully saturated rings. The Bertz CT molecular complexity index is 1290. The van der Waals surface area contributed by atoms with Crippen molar-refractivity contribution in [2.75, 3.05) is 16.8 Å². The molecule has 5 rings (SSSR count). The van der Waals surface area contributed by atoms with Crippen LogP contribution in [0.1, 0.15) is 30.0 Å². The number of thiophene rings is 1. The van der Waals surface area contributed by atoms with Crippen LogP contribution < -0.4 is 11.1 Å². The monoisotopic (exact) mass is 450 g/mol. The zero-order chi connectivity index (χ0) is 21.5. The summed E-state index contributed by atoms with van der Waals surface area (Å²) in [4.78, 5) is 18.8. The van der Waals surface area contributed by atoms with E-state index in [1.54, 1.807) is 6.20 Å². The summed E-state index contributed by atoms with van der Waals surface area (Å²) >= 11 is 2.94. The molecule has 1 aromatic carbocycles. The van der Waals surface area contributed by atoms with Crippen LogP contribution in [0.25, 0.3) is 20.9 Å². The first kappa shape index (κ1) is 20.0. The Kier molecular flexibility index (Phi) is 5.15. The second-order valence-electron chi connectivity index (χ2n) is 7.76. The third-order valence-corrected chi connectivity index (χ3v) is 7.35. The van der Waals surface area contributed by atoms with Gasteiger partial charge >= 0.3 is 0 Å². The maximum Gasteiger partial charge on any atom is 0.234 e. The van der Waals surface area contributed by atoms with E-state index in [-0.39, 0.29) is 11.7 Å². The zero-order valence-electron chi connectivity index (χ0n) is 17.3. The van der Waals surface area contributed by atoms with Crippen LogP contribution in [0.5, 0.6) is 0 Å². The van der Waals surface area contributed by atoms with Crippen molar-refractivity contribution in [1.82, 2.24) is 19.7 Å². The molecule has 0 unspecified atom stereocenters. The number of hydrogen-bond donors (Lipinski definition) is 2. The summed E-state index contributed by atoms with van der Waals surface area (Å²) in [5, 5.41) is 13.6. The Morgan fingerprint density at radius 1 is 1.29 bits per heavy atom. The zero-order valence-corrected chi connectivity index (χ0v) is 18.9. The standard InChI is InChI=1S/C22H22N6OS2/c1-12-5-6-13(2)16(10-12)25-17(29)11-30-22-27-26-20(28(22)14-7-8-14)19-18(23)15-4-3-9-24-21(15)31-19/h3-6,9-10,14H,7-8,11,23H2,1-2H3,(H,25,29). The number of rotatable bonds is 6. The highest BCUT2D eigenvalue weighted by Gasteiger charge is 2.32. The number of fused-ring (bicyclic) bond motifs is 1. The SMILES string of the molecule is Cc1ccc(C)c(NC(=O)CSc2nnc(-c3sc4ncccc4c3N)n2C2CC2)c1. The minimum atomic E-state index is -0.0591. The van der Waals surface area contributed by atoms with E-state index in [0.717, 1.165) is 55.7 Å². The Morgan fingerprint density at radius 2 is 2.13 bits per heavy atom. The molecule has 1 aliphatic rings. The van der Waals surface area contributed by atoms with Crippen LogP contribution in [-0.4, -0.2) is 31.4 Å².